The zero-order valence-corrected chi connectivity index (χ0v) is 15.5. The average molecular weight is 401 g/mol. The van der Waals surface area contributed by atoms with Crippen LogP contribution in [0.3, 0.4) is 0 Å². The highest BCUT2D eigenvalue weighted by Gasteiger charge is 2.17. The Balaban J connectivity index is 1.25. The molecule has 0 fully saturated rings. The molecule has 4 rings (SSSR count). The summed E-state index contributed by atoms with van der Waals surface area (Å²) in [6.07, 6.45) is 0.979. The van der Waals surface area contributed by atoms with Gasteiger partial charge in [-0.1, -0.05) is 5.10 Å². The van der Waals surface area contributed by atoms with Crippen LogP contribution in [0, 0.1) is 5.82 Å². The second-order valence-corrected chi connectivity index (χ2v) is 7.10. The number of hydrogen-bond donors (Lipinski definition) is 1. The van der Waals surface area contributed by atoms with E-state index in [9.17, 15) is 9.18 Å². The van der Waals surface area contributed by atoms with Crippen LogP contribution in [0.25, 0.3) is 11.5 Å². The summed E-state index contributed by atoms with van der Waals surface area (Å²) in [5, 5.41) is 10.4. The van der Waals surface area contributed by atoms with Crippen molar-refractivity contribution in [3.05, 3.63) is 48.3 Å². The molecular weight excluding hydrogens is 385 g/mol. The Morgan fingerprint density at radius 3 is 2.79 bits per heavy atom. The molecule has 0 bridgehead atoms. The third-order valence-corrected chi connectivity index (χ3v) is 5.02. The molecule has 1 aromatic heterocycles. The first-order valence-corrected chi connectivity index (χ1v) is 9.58. The van der Waals surface area contributed by atoms with Gasteiger partial charge in [0.25, 0.3) is 0 Å². The predicted molar refractivity (Wildman–Crippen MR) is 101 cm³/mol. The summed E-state index contributed by atoms with van der Waals surface area (Å²) in [7, 11) is 0. The number of fused-ring (bicyclic) bond motifs is 1. The van der Waals surface area contributed by atoms with Gasteiger partial charge in [-0.05, 0) is 54.6 Å². The van der Waals surface area contributed by atoms with Gasteiger partial charge in [0.1, 0.15) is 5.82 Å². The number of nitrogens with one attached hydrogen (secondary N) is 1. The second-order valence-electron chi connectivity index (χ2n) is 5.93. The number of thioether (sulfide) groups is 1. The minimum absolute atomic E-state index is 0.0452. The Morgan fingerprint density at radius 2 is 1.93 bits per heavy atom. The lowest BCUT2D eigenvalue weighted by Crippen LogP contribution is -2.11. The van der Waals surface area contributed by atoms with Crippen LogP contribution in [0.15, 0.2) is 51.8 Å². The first-order valence-electron chi connectivity index (χ1n) is 8.59. The molecule has 1 N–H and O–H groups in total. The van der Waals surface area contributed by atoms with E-state index >= 15 is 0 Å². The molecule has 0 radical (unpaired) electrons. The summed E-state index contributed by atoms with van der Waals surface area (Å²) < 4.78 is 28.9. The number of rotatable bonds is 7. The summed E-state index contributed by atoms with van der Waals surface area (Å²) >= 11 is 1.57. The van der Waals surface area contributed by atoms with E-state index in [1.54, 1.807) is 42.1 Å². The van der Waals surface area contributed by atoms with E-state index in [-0.39, 0.29) is 30.4 Å². The number of ether oxygens (including phenoxy) is 2. The monoisotopic (exact) mass is 401 g/mol. The van der Waals surface area contributed by atoms with Crippen molar-refractivity contribution < 1.29 is 23.1 Å². The predicted octanol–water partition coefficient (Wildman–Crippen LogP) is 4.12. The number of aromatic nitrogens is 2. The fourth-order valence-electron chi connectivity index (χ4n) is 2.56. The number of nitrogens with zero attached hydrogens (tertiary/aromatic N) is 2. The zero-order valence-electron chi connectivity index (χ0n) is 14.7. The summed E-state index contributed by atoms with van der Waals surface area (Å²) in [6, 6.07) is 11.6. The standard InChI is InChI=1S/C19H16FN3O4S/c20-13-4-6-14(7-5-13)28-9-1-2-17(24)21-19-23-22-18(27-19)12-3-8-15-16(10-12)26-11-25-15/h3-8,10H,1-2,9,11H2,(H,21,23,24). The molecule has 3 aromatic rings. The van der Waals surface area contributed by atoms with Gasteiger partial charge in [-0.25, -0.2) is 4.39 Å². The van der Waals surface area contributed by atoms with Gasteiger partial charge in [-0.2, -0.15) is 0 Å². The number of hydrogen-bond acceptors (Lipinski definition) is 7. The molecule has 0 aliphatic carbocycles. The minimum atomic E-state index is -0.261. The smallest absolute Gasteiger partial charge is 0.322 e. The highest BCUT2D eigenvalue weighted by atomic mass is 32.2. The molecule has 7 nitrogen and oxygen atoms in total. The molecule has 2 aromatic carbocycles. The number of anilines is 1. The van der Waals surface area contributed by atoms with Gasteiger partial charge >= 0.3 is 6.01 Å². The van der Waals surface area contributed by atoms with Crippen LogP contribution in [-0.2, 0) is 4.79 Å². The first kappa shape index (κ1) is 18.3. The Hall–Kier alpha value is -3.07. The summed E-state index contributed by atoms with van der Waals surface area (Å²) in [5.74, 6) is 1.82. The topological polar surface area (TPSA) is 86.5 Å². The highest BCUT2D eigenvalue weighted by Crippen LogP contribution is 2.35. The lowest BCUT2D eigenvalue weighted by molar-refractivity contribution is -0.116. The van der Waals surface area contributed by atoms with Gasteiger partial charge in [-0.15, -0.1) is 16.9 Å². The summed E-state index contributed by atoms with van der Waals surface area (Å²) in [5.41, 5.74) is 0.674. The van der Waals surface area contributed by atoms with Gasteiger partial charge in [0.05, 0.1) is 0 Å². The third-order valence-electron chi connectivity index (χ3n) is 3.92. The van der Waals surface area contributed by atoms with Crippen molar-refractivity contribution in [1.29, 1.82) is 0 Å². The fourth-order valence-corrected chi connectivity index (χ4v) is 3.41. The van der Waals surface area contributed by atoms with Crippen LogP contribution in [0.2, 0.25) is 0 Å². The minimum Gasteiger partial charge on any atom is -0.454 e. The van der Waals surface area contributed by atoms with E-state index in [2.05, 4.69) is 15.5 Å². The van der Waals surface area contributed by atoms with Crippen molar-refractivity contribution >= 4 is 23.7 Å². The molecule has 0 atom stereocenters. The molecule has 0 saturated heterocycles. The molecule has 1 aliphatic rings. The van der Waals surface area contributed by atoms with Crippen LogP contribution < -0.4 is 14.8 Å². The molecule has 28 heavy (non-hydrogen) atoms. The number of amides is 1. The fraction of sp³-hybridized carbons (Fsp3) is 0.211. The van der Waals surface area contributed by atoms with E-state index < -0.39 is 0 Å². The van der Waals surface area contributed by atoms with Gasteiger partial charge in [-0.3, -0.25) is 10.1 Å². The largest absolute Gasteiger partial charge is 0.454 e. The molecule has 1 aliphatic heterocycles. The molecule has 2 heterocycles. The Bertz CT molecular complexity index is 978. The van der Waals surface area contributed by atoms with Crippen LogP contribution in [-0.4, -0.2) is 28.7 Å². The van der Waals surface area contributed by atoms with Crippen molar-refractivity contribution in [3.8, 4) is 23.0 Å². The van der Waals surface area contributed by atoms with Gasteiger partial charge < -0.3 is 13.9 Å². The van der Waals surface area contributed by atoms with Crippen molar-refractivity contribution in [2.45, 2.75) is 17.7 Å². The van der Waals surface area contributed by atoms with Gasteiger partial charge in [0.2, 0.25) is 18.6 Å². The molecule has 0 unspecified atom stereocenters. The average Bonchev–Trinajstić information content (AvgIpc) is 3.35. The zero-order chi connectivity index (χ0) is 19.3. The van der Waals surface area contributed by atoms with E-state index in [1.165, 1.54) is 12.1 Å². The van der Waals surface area contributed by atoms with Crippen LogP contribution >= 0.6 is 11.8 Å². The van der Waals surface area contributed by atoms with E-state index in [1.807, 2.05) is 0 Å². The molecule has 144 valence electrons. The maximum Gasteiger partial charge on any atom is 0.322 e. The second kappa shape index (κ2) is 8.30. The Kier molecular flexibility index (Phi) is 5.43. The lowest BCUT2D eigenvalue weighted by atomic mass is 10.2. The SMILES string of the molecule is O=C(CCCSc1ccc(F)cc1)Nc1nnc(-c2ccc3c(c2)OCO3)o1. The molecular formula is C19H16FN3O4S. The normalized spacial score (nSPS) is 12.2. The highest BCUT2D eigenvalue weighted by molar-refractivity contribution is 7.99. The molecule has 9 heteroatoms. The molecule has 1 amide bonds. The Morgan fingerprint density at radius 1 is 1.11 bits per heavy atom. The number of halogens is 1. The first-order chi connectivity index (χ1) is 13.7. The maximum absolute atomic E-state index is 12.9. The van der Waals surface area contributed by atoms with Gasteiger partial charge in [0.15, 0.2) is 11.5 Å². The maximum atomic E-state index is 12.9. The van der Waals surface area contributed by atoms with E-state index in [0.29, 0.717) is 29.9 Å². The summed E-state index contributed by atoms with van der Waals surface area (Å²) in [4.78, 5) is 13.0. The third kappa shape index (κ3) is 4.42. The van der Waals surface area contributed by atoms with E-state index in [4.69, 9.17) is 13.9 Å². The quantitative estimate of drug-likeness (QED) is 0.471. The number of carbonyl (C=O) groups is 1. The van der Waals surface area contributed by atoms with Crippen LogP contribution in [0.1, 0.15) is 12.8 Å². The molecule has 0 spiro atoms. The van der Waals surface area contributed by atoms with Crippen LogP contribution in [0.5, 0.6) is 11.5 Å². The van der Waals surface area contributed by atoms with Crippen molar-refractivity contribution in [2.24, 2.45) is 0 Å². The van der Waals surface area contributed by atoms with E-state index in [0.717, 1.165) is 10.6 Å². The Labute approximate surface area is 164 Å². The van der Waals surface area contributed by atoms with Crippen molar-refractivity contribution in [1.82, 2.24) is 10.2 Å². The van der Waals surface area contributed by atoms with Gasteiger partial charge in [0, 0.05) is 16.9 Å². The van der Waals surface area contributed by atoms with Crippen molar-refractivity contribution in [2.75, 3.05) is 17.9 Å². The molecule has 0 saturated carbocycles. The van der Waals surface area contributed by atoms with Crippen molar-refractivity contribution in [3.63, 3.8) is 0 Å². The van der Waals surface area contributed by atoms with Crippen LogP contribution in [0.4, 0.5) is 10.4 Å². The lowest BCUT2D eigenvalue weighted by Gasteiger charge is -2.02. The number of carbonyl (C=O) groups excluding carboxylic acids is 1. The number of benzene rings is 2. The summed E-state index contributed by atoms with van der Waals surface area (Å²) in [6.45, 7) is 0.184.